The molecule has 1 amide bonds. The van der Waals surface area contributed by atoms with Crippen molar-refractivity contribution in [2.75, 3.05) is 23.8 Å². The summed E-state index contributed by atoms with van der Waals surface area (Å²) in [7, 11) is 1.71. The summed E-state index contributed by atoms with van der Waals surface area (Å²) in [6.45, 7) is 4.22. The highest BCUT2D eigenvalue weighted by atomic mass is 19.1. The molecule has 1 aliphatic heterocycles. The summed E-state index contributed by atoms with van der Waals surface area (Å²) < 4.78 is 29.7. The van der Waals surface area contributed by atoms with Gasteiger partial charge in [0.2, 0.25) is 5.91 Å². The van der Waals surface area contributed by atoms with Crippen LogP contribution in [0.25, 0.3) is 5.65 Å². The minimum absolute atomic E-state index is 0.215. The van der Waals surface area contributed by atoms with Gasteiger partial charge in [-0.2, -0.15) is 5.10 Å². The summed E-state index contributed by atoms with van der Waals surface area (Å²) in [5, 5.41) is 10.1. The van der Waals surface area contributed by atoms with E-state index in [1.807, 2.05) is 4.90 Å². The van der Waals surface area contributed by atoms with Crippen molar-refractivity contribution in [3.05, 3.63) is 53.9 Å². The molecule has 4 rings (SSSR count). The molecule has 1 fully saturated rings. The van der Waals surface area contributed by atoms with Gasteiger partial charge in [0.1, 0.15) is 23.1 Å². The number of hydrogen-bond acceptors (Lipinski definition) is 5. The normalized spacial score (nSPS) is 17.0. The van der Waals surface area contributed by atoms with Gasteiger partial charge in [-0.3, -0.25) is 4.79 Å². The third-order valence-corrected chi connectivity index (χ3v) is 5.66. The van der Waals surface area contributed by atoms with Crippen molar-refractivity contribution < 1.29 is 13.6 Å². The van der Waals surface area contributed by atoms with Crippen LogP contribution in [0.2, 0.25) is 0 Å². The SMILES string of the molecule is CNC(C)(C)C(=O)Nc1cnn2ccc(N3CCC[C@@H]3c3cc(F)ccc3F)nc12. The molecule has 0 aliphatic carbocycles. The van der Waals surface area contributed by atoms with Crippen LogP contribution in [0.15, 0.2) is 36.7 Å². The van der Waals surface area contributed by atoms with Crippen LogP contribution >= 0.6 is 0 Å². The van der Waals surface area contributed by atoms with Gasteiger partial charge in [0, 0.05) is 18.3 Å². The van der Waals surface area contributed by atoms with E-state index in [2.05, 4.69) is 20.7 Å². The Morgan fingerprint density at radius 2 is 2.07 bits per heavy atom. The van der Waals surface area contributed by atoms with Gasteiger partial charge in [0.25, 0.3) is 0 Å². The fourth-order valence-electron chi connectivity index (χ4n) is 3.63. The number of likely N-dealkylation sites (N-methyl/N-ethyl adjacent to an activating group) is 1. The summed E-state index contributed by atoms with van der Waals surface area (Å²) in [6, 6.07) is 5.02. The van der Waals surface area contributed by atoms with Gasteiger partial charge >= 0.3 is 0 Å². The fourth-order valence-corrected chi connectivity index (χ4v) is 3.63. The Hall–Kier alpha value is -3.07. The lowest BCUT2D eigenvalue weighted by Gasteiger charge is -2.26. The second kappa shape index (κ2) is 7.64. The average molecular weight is 414 g/mol. The number of rotatable bonds is 5. The zero-order chi connectivity index (χ0) is 21.5. The molecular formula is C21H24F2N6O. The smallest absolute Gasteiger partial charge is 0.244 e. The molecule has 0 unspecified atom stereocenters. The van der Waals surface area contributed by atoms with Crippen LogP contribution < -0.4 is 15.5 Å². The number of aromatic nitrogens is 3. The van der Waals surface area contributed by atoms with Gasteiger partial charge in [-0.1, -0.05) is 0 Å². The standard InChI is InChI=1S/C21H24F2N6O/c1-21(2,24-3)20(30)26-16-12-25-29-10-8-18(27-19(16)29)28-9-4-5-17(28)14-11-13(22)6-7-15(14)23/h6-8,10-12,17,24H,4-5,9H2,1-3H3,(H,26,30)/t17-/m1/s1. The molecule has 2 N–H and O–H groups in total. The van der Waals surface area contributed by atoms with Crippen molar-refractivity contribution >= 4 is 23.1 Å². The highest BCUT2D eigenvalue weighted by Crippen LogP contribution is 2.37. The van der Waals surface area contributed by atoms with E-state index in [1.165, 1.54) is 6.07 Å². The minimum Gasteiger partial charge on any atom is -0.349 e. The van der Waals surface area contributed by atoms with E-state index in [1.54, 1.807) is 43.9 Å². The molecule has 158 valence electrons. The Kier molecular flexibility index (Phi) is 5.15. The molecule has 0 bridgehead atoms. The Bertz CT molecular complexity index is 1100. The van der Waals surface area contributed by atoms with E-state index >= 15 is 0 Å². The Morgan fingerprint density at radius 1 is 1.27 bits per heavy atom. The zero-order valence-corrected chi connectivity index (χ0v) is 17.1. The maximum Gasteiger partial charge on any atom is 0.244 e. The molecule has 3 heterocycles. The van der Waals surface area contributed by atoms with Gasteiger partial charge in [-0.15, -0.1) is 0 Å². The quantitative estimate of drug-likeness (QED) is 0.670. The lowest BCUT2D eigenvalue weighted by atomic mass is 10.0. The molecule has 1 atom stereocenters. The molecule has 30 heavy (non-hydrogen) atoms. The summed E-state index contributed by atoms with van der Waals surface area (Å²) >= 11 is 0. The van der Waals surface area contributed by atoms with Gasteiger partial charge in [0.15, 0.2) is 5.65 Å². The summed E-state index contributed by atoms with van der Waals surface area (Å²) in [4.78, 5) is 19.2. The second-order valence-electron chi connectivity index (χ2n) is 7.96. The minimum atomic E-state index is -0.763. The molecule has 2 aromatic heterocycles. The molecular weight excluding hydrogens is 390 g/mol. The van der Waals surface area contributed by atoms with E-state index in [0.29, 0.717) is 35.7 Å². The summed E-state index contributed by atoms with van der Waals surface area (Å²) in [5.41, 5.74) is 0.531. The van der Waals surface area contributed by atoms with Crippen LogP contribution in [0, 0.1) is 11.6 Å². The van der Waals surface area contributed by atoms with Crippen LogP contribution in [-0.2, 0) is 4.79 Å². The first-order valence-electron chi connectivity index (χ1n) is 9.86. The van der Waals surface area contributed by atoms with Crippen LogP contribution in [0.4, 0.5) is 20.3 Å². The number of benzene rings is 1. The molecule has 0 spiro atoms. The number of carbonyl (C=O) groups is 1. The summed E-state index contributed by atoms with van der Waals surface area (Å²) in [5.74, 6) is -0.485. The van der Waals surface area contributed by atoms with E-state index in [4.69, 9.17) is 0 Å². The number of nitrogens with zero attached hydrogens (tertiary/aromatic N) is 4. The van der Waals surface area contributed by atoms with E-state index < -0.39 is 17.2 Å². The summed E-state index contributed by atoms with van der Waals surface area (Å²) in [6.07, 6.45) is 4.83. The number of halogens is 2. The molecule has 0 saturated carbocycles. The number of anilines is 2. The third-order valence-electron chi connectivity index (χ3n) is 5.66. The molecule has 1 aliphatic rings. The van der Waals surface area contributed by atoms with Crippen molar-refractivity contribution in [1.29, 1.82) is 0 Å². The lowest BCUT2D eigenvalue weighted by molar-refractivity contribution is -0.121. The zero-order valence-electron chi connectivity index (χ0n) is 17.1. The first-order chi connectivity index (χ1) is 14.3. The molecule has 9 heteroatoms. The Balaban J connectivity index is 1.68. The first-order valence-corrected chi connectivity index (χ1v) is 9.86. The van der Waals surface area contributed by atoms with Crippen LogP contribution in [0.3, 0.4) is 0 Å². The fraction of sp³-hybridized carbons (Fsp3) is 0.381. The number of nitrogens with one attached hydrogen (secondary N) is 2. The van der Waals surface area contributed by atoms with Gasteiger partial charge in [-0.25, -0.2) is 18.3 Å². The lowest BCUT2D eigenvalue weighted by Crippen LogP contribution is -2.47. The van der Waals surface area contributed by atoms with E-state index in [-0.39, 0.29) is 11.9 Å². The molecule has 7 nitrogen and oxygen atoms in total. The molecule has 0 radical (unpaired) electrons. The Labute approximate surface area is 173 Å². The Morgan fingerprint density at radius 3 is 2.83 bits per heavy atom. The van der Waals surface area contributed by atoms with Crippen LogP contribution in [0.5, 0.6) is 0 Å². The maximum atomic E-state index is 14.4. The van der Waals surface area contributed by atoms with Gasteiger partial charge in [-0.05, 0) is 58.0 Å². The molecule has 1 saturated heterocycles. The molecule has 3 aromatic rings. The highest BCUT2D eigenvalue weighted by molar-refractivity contribution is 5.99. The number of fused-ring (bicyclic) bond motifs is 1. The predicted molar refractivity (Wildman–Crippen MR) is 110 cm³/mol. The van der Waals surface area contributed by atoms with Crippen molar-refractivity contribution in [3.8, 4) is 0 Å². The van der Waals surface area contributed by atoms with Crippen molar-refractivity contribution in [3.63, 3.8) is 0 Å². The van der Waals surface area contributed by atoms with Crippen molar-refractivity contribution in [1.82, 2.24) is 19.9 Å². The highest BCUT2D eigenvalue weighted by Gasteiger charge is 2.30. The van der Waals surface area contributed by atoms with Gasteiger partial charge < -0.3 is 15.5 Å². The number of carbonyl (C=O) groups excluding carboxylic acids is 1. The first kappa shape index (κ1) is 20.2. The number of hydrogen-bond donors (Lipinski definition) is 2. The van der Waals surface area contributed by atoms with Crippen molar-refractivity contribution in [2.24, 2.45) is 0 Å². The number of amides is 1. The predicted octanol–water partition coefficient (Wildman–Crippen LogP) is 3.29. The average Bonchev–Trinajstić information content (AvgIpc) is 3.36. The topological polar surface area (TPSA) is 74.6 Å². The second-order valence-corrected chi connectivity index (χ2v) is 7.96. The maximum absolute atomic E-state index is 14.4. The van der Waals surface area contributed by atoms with Gasteiger partial charge in [0.05, 0.1) is 17.8 Å². The molecule has 1 aromatic carbocycles. The van der Waals surface area contributed by atoms with Crippen LogP contribution in [-0.4, -0.2) is 39.6 Å². The van der Waals surface area contributed by atoms with E-state index in [0.717, 1.165) is 18.6 Å². The third kappa shape index (κ3) is 3.60. The largest absolute Gasteiger partial charge is 0.349 e. The van der Waals surface area contributed by atoms with E-state index in [9.17, 15) is 13.6 Å². The monoisotopic (exact) mass is 414 g/mol. The van der Waals surface area contributed by atoms with Crippen LogP contribution in [0.1, 0.15) is 38.3 Å². The van der Waals surface area contributed by atoms with Crippen molar-refractivity contribution in [2.45, 2.75) is 38.3 Å².